The van der Waals surface area contributed by atoms with Gasteiger partial charge in [0.15, 0.2) is 0 Å². The molecule has 19 nitrogen and oxygen atoms in total. The maximum absolute atomic E-state index is 13.7. The van der Waals surface area contributed by atoms with Crippen LogP contribution in [0.2, 0.25) is 0 Å². The first-order valence-corrected chi connectivity index (χ1v) is 26.3. The van der Waals surface area contributed by atoms with E-state index in [1.165, 1.54) is 23.5 Å². The molecule has 2 saturated heterocycles. The number of ether oxygens (including phenoxy) is 2. The van der Waals surface area contributed by atoms with Gasteiger partial charge < -0.3 is 56.5 Å². The van der Waals surface area contributed by atoms with Crippen molar-refractivity contribution in [3.63, 3.8) is 0 Å². The number of nitriles is 1. The molecule has 21 heteroatoms. The highest BCUT2D eigenvalue weighted by molar-refractivity contribution is 8.00. The van der Waals surface area contributed by atoms with Crippen LogP contribution in [0.5, 0.6) is 0 Å². The molecule has 4 aliphatic heterocycles. The summed E-state index contributed by atoms with van der Waals surface area (Å²) in [4.78, 5) is 91.4. The topological polar surface area (TPSA) is 283 Å². The Kier molecular flexibility index (Phi) is 17.5. The molecular weight excluding hydrogens is 1000 g/mol. The summed E-state index contributed by atoms with van der Waals surface area (Å²) in [5, 5.41) is 38.7. The average molecular weight is 1060 g/mol. The number of nitrogens with zero attached hydrogens (tertiary/aromatic N) is 3. The van der Waals surface area contributed by atoms with Crippen LogP contribution < -0.4 is 36.8 Å². The van der Waals surface area contributed by atoms with E-state index in [2.05, 4.69) is 39.5 Å². The second-order valence-electron chi connectivity index (χ2n) is 20.0. The summed E-state index contributed by atoms with van der Waals surface area (Å²) in [6.45, 7) is 6.70. The molecule has 4 aromatic rings. The number of carboxylic acid groups (broad SMARTS) is 2. The van der Waals surface area contributed by atoms with Crippen LogP contribution in [0.4, 0.5) is 21.0 Å². The molecule has 2 fully saturated rings. The van der Waals surface area contributed by atoms with Crippen LogP contribution >= 0.6 is 23.5 Å². The van der Waals surface area contributed by atoms with Crippen LogP contribution in [0.25, 0.3) is 22.3 Å². The minimum absolute atomic E-state index is 0.0705. The molecule has 0 bridgehead atoms. The summed E-state index contributed by atoms with van der Waals surface area (Å²) in [6.07, 6.45) is -1.62. The highest BCUT2D eigenvalue weighted by Gasteiger charge is 2.54. The lowest BCUT2D eigenvalue weighted by Crippen LogP contribution is -2.69. The Balaban J connectivity index is 0.000000221. The first kappa shape index (κ1) is 55.6. The number of nitrogens with one attached hydrogen (secondary N) is 4. The van der Waals surface area contributed by atoms with E-state index >= 15 is 0 Å². The largest absolute Gasteiger partial charge is 0.465 e. The van der Waals surface area contributed by atoms with Gasteiger partial charge in [-0.3, -0.25) is 24.0 Å². The third kappa shape index (κ3) is 13.0. The quantitative estimate of drug-likeness (QED) is 0.0832. The molecule has 4 aliphatic rings. The minimum atomic E-state index is -1.47. The second kappa shape index (κ2) is 23.6. The maximum Gasteiger partial charge on any atom is 0.405 e. The number of anilines is 2. The van der Waals surface area contributed by atoms with Crippen molar-refractivity contribution in [3.8, 4) is 28.3 Å². The summed E-state index contributed by atoms with van der Waals surface area (Å²) >= 11 is 3.04. The predicted molar refractivity (Wildman–Crippen MR) is 284 cm³/mol. The van der Waals surface area contributed by atoms with E-state index in [0.29, 0.717) is 11.5 Å². The molecule has 4 aromatic carbocycles. The normalized spacial score (nSPS) is 19.8. The number of nitrogens with two attached hydrogens (primary N) is 1. The Labute approximate surface area is 443 Å². The Morgan fingerprint density at radius 1 is 0.707 bits per heavy atom. The van der Waals surface area contributed by atoms with E-state index < -0.39 is 64.4 Å². The number of carbonyl (C=O) groups is 7. The maximum atomic E-state index is 13.7. The molecule has 0 radical (unpaired) electrons. The summed E-state index contributed by atoms with van der Waals surface area (Å²) in [6, 6.07) is 27.5. The van der Waals surface area contributed by atoms with Gasteiger partial charge in [0.1, 0.15) is 23.2 Å². The highest BCUT2D eigenvalue weighted by Crippen LogP contribution is 2.41. The Bertz CT molecular complexity index is 2870. The van der Waals surface area contributed by atoms with E-state index in [9.17, 15) is 49.0 Å². The number of benzene rings is 4. The molecule has 0 aromatic heterocycles. The molecule has 75 heavy (non-hydrogen) atoms. The highest BCUT2D eigenvalue weighted by atomic mass is 32.2. The Morgan fingerprint density at radius 2 is 1.19 bits per heavy atom. The number of rotatable bonds is 13. The molecule has 0 saturated carbocycles. The lowest BCUT2D eigenvalue weighted by Gasteiger charge is -2.48. The summed E-state index contributed by atoms with van der Waals surface area (Å²) in [5.74, 6) is -1.31. The van der Waals surface area contributed by atoms with Crippen LogP contribution in [0, 0.1) is 22.7 Å². The van der Waals surface area contributed by atoms with Gasteiger partial charge in [0.2, 0.25) is 29.5 Å². The Morgan fingerprint density at radius 3 is 1.65 bits per heavy atom. The number of carbonyl (C=O) groups excluding carboxylic acids is 5. The van der Waals surface area contributed by atoms with Crippen molar-refractivity contribution < 1.29 is 53.2 Å². The molecule has 8 rings (SSSR count). The monoisotopic (exact) mass is 1060 g/mol. The lowest BCUT2D eigenvalue weighted by molar-refractivity contribution is -0.143. The van der Waals surface area contributed by atoms with Crippen LogP contribution in [0.3, 0.4) is 0 Å². The number of amides is 7. The molecule has 0 aliphatic carbocycles. The van der Waals surface area contributed by atoms with Crippen molar-refractivity contribution in [2.24, 2.45) is 17.1 Å². The molecular formula is C54H62N8O11S2. The first-order valence-electron chi connectivity index (χ1n) is 24.4. The van der Waals surface area contributed by atoms with E-state index in [1.807, 2.05) is 93.6 Å². The van der Waals surface area contributed by atoms with Gasteiger partial charge in [0, 0.05) is 81.7 Å². The third-order valence-corrected chi connectivity index (χ3v) is 16.1. The third-order valence-electron chi connectivity index (χ3n) is 14.1. The van der Waals surface area contributed by atoms with Crippen molar-refractivity contribution in [1.29, 1.82) is 5.26 Å². The van der Waals surface area contributed by atoms with Crippen molar-refractivity contribution >= 4 is 76.6 Å². The molecule has 4 unspecified atom stereocenters. The zero-order valence-electron chi connectivity index (χ0n) is 42.4. The molecule has 0 spiro atoms. The van der Waals surface area contributed by atoms with E-state index in [4.69, 9.17) is 15.2 Å². The molecule has 396 valence electrons. The lowest BCUT2D eigenvalue weighted by atomic mass is 9.66. The van der Waals surface area contributed by atoms with Crippen LogP contribution in [-0.4, -0.2) is 127 Å². The second-order valence-corrected chi connectivity index (χ2v) is 22.0. The van der Waals surface area contributed by atoms with Crippen molar-refractivity contribution in [1.82, 2.24) is 21.3 Å². The van der Waals surface area contributed by atoms with Crippen LogP contribution in [0.1, 0.15) is 51.2 Å². The van der Waals surface area contributed by atoms with Gasteiger partial charge >= 0.3 is 12.2 Å². The fourth-order valence-electron chi connectivity index (χ4n) is 9.73. The predicted octanol–water partition coefficient (Wildman–Crippen LogP) is 5.81. The van der Waals surface area contributed by atoms with Gasteiger partial charge in [0.05, 0.1) is 35.6 Å². The number of thioether (sulfide) groups is 2. The van der Waals surface area contributed by atoms with Crippen molar-refractivity contribution in [3.05, 3.63) is 96.1 Å². The minimum Gasteiger partial charge on any atom is -0.465 e. The van der Waals surface area contributed by atoms with E-state index in [1.54, 1.807) is 23.9 Å². The van der Waals surface area contributed by atoms with Gasteiger partial charge in [-0.25, -0.2) is 9.59 Å². The van der Waals surface area contributed by atoms with Crippen molar-refractivity contribution in [2.45, 2.75) is 85.8 Å². The first-order chi connectivity index (χ1) is 35.6. The van der Waals surface area contributed by atoms with Gasteiger partial charge in [0.25, 0.3) is 0 Å². The Hall–Kier alpha value is -7.12. The molecule has 7 amide bonds. The zero-order chi connectivity index (χ0) is 54.2. The van der Waals surface area contributed by atoms with Gasteiger partial charge in [-0.15, -0.1) is 23.5 Å². The SMILES string of the molecule is CN1C(=O)CSc2cc(-c3ccc(CC(C#N)NC(=O)C4(NC(=O)O)CCOCC4)cc3)ccc21.CN1C(=O)CSc2cc(-c3ccc(CC(NC(=O)C4(NC(=O)O)CCOCC4C(C)(C)C)C(N)=O)cc3)ccc21. The fraction of sp³-hybridized carbons (Fsp3) is 0.407. The standard InChI is InChI=1S/C29H36N4O6S.C25H26N4O5S/c1-28(2,3)23-15-39-12-11-29(23,32-27(37)38)26(36)31-20(25(30)35)13-17-5-7-18(8-6-17)19-9-10-21-22(14-19)40-16-24(34)33(21)4;1-29-20-7-6-18(13-21(20)35-15-22(29)30)17-4-2-16(3-5-17)12-19(14-26)27-23(31)25(28-24(32)33)8-10-34-11-9-25/h5-10,14,20,23,32H,11-13,15-16H2,1-4H3,(H2,30,35)(H,31,36)(H,37,38);2-7,13,19,28H,8-12,15H2,1H3,(H,27,31)(H,32,33). The number of hydrogen-bond acceptors (Lipinski definition) is 12. The summed E-state index contributed by atoms with van der Waals surface area (Å²) in [7, 11) is 3.55. The smallest absolute Gasteiger partial charge is 0.405 e. The van der Waals surface area contributed by atoms with Crippen molar-refractivity contribution in [2.75, 3.05) is 61.8 Å². The molecule has 8 N–H and O–H groups in total. The zero-order valence-corrected chi connectivity index (χ0v) is 44.0. The number of primary amides is 1. The number of hydrogen-bond donors (Lipinski definition) is 7. The molecule has 4 atom stereocenters. The van der Waals surface area contributed by atoms with Gasteiger partial charge in [-0.05, 0) is 63.1 Å². The summed E-state index contributed by atoms with van der Waals surface area (Å²) < 4.78 is 10.9. The van der Waals surface area contributed by atoms with E-state index in [0.717, 1.165) is 54.5 Å². The summed E-state index contributed by atoms with van der Waals surface area (Å²) in [5.41, 5.74) is 9.88. The van der Waals surface area contributed by atoms with Gasteiger partial charge in [-0.2, -0.15) is 5.26 Å². The fourth-order valence-corrected chi connectivity index (χ4v) is 11.8. The average Bonchev–Trinajstić information content (AvgIpc) is 3.38. The van der Waals surface area contributed by atoms with Gasteiger partial charge in [-0.1, -0.05) is 81.4 Å². The van der Waals surface area contributed by atoms with Crippen LogP contribution in [-0.2, 0) is 46.3 Å². The van der Waals surface area contributed by atoms with Crippen LogP contribution in [0.15, 0.2) is 94.7 Å². The molecule has 4 heterocycles. The van der Waals surface area contributed by atoms with E-state index in [-0.39, 0.29) is 70.3 Å². The number of fused-ring (bicyclic) bond motifs is 2.